The molecule has 0 unspecified atom stereocenters. The van der Waals surface area contributed by atoms with Crippen molar-refractivity contribution < 1.29 is 4.79 Å². The number of hydrogen-bond donors (Lipinski definition) is 0. The molecule has 1 aromatic carbocycles. The van der Waals surface area contributed by atoms with E-state index in [1.165, 1.54) is 28.9 Å². The molecular weight excluding hydrogens is 266 g/mol. The van der Waals surface area contributed by atoms with Crippen LogP contribution in [0.1, 0.15) is 37.3 Å². The molecule has 1 saturated carbocycles. The second-order valence-corrected chi connectivity index (χ2v) is 6.86. The Morgan fingerprint density at radius 1 is 1.35 bits per heavy atom. The Labute approximate surface area is 126 Å². The molecule has 1 amide bonds. The molecule has 0 aromatic heterocycles. The minimum atomic E-state index is 0.296. The highest BCUT2D eigenvalue weighted by molar-refractivity contribution is 8.00. The molecule has 0 saturated heterocycles. The van der Waals surface area contributed by atoms with E-state index in [2.05, 4.69) is 43.9 Å². The van der Waals surface area contributed by atoms with Crippen molar-refractivity contribution >= 4 is 17.7 Å². The zero-order valence-corrected chi connectivity index (χ0v) is 13.6. The summed E-state index contributed by atoms with van der Waals surface area (Å²) in [6.07, 6.45) is 3.65. The van der Waals surface area contributed by atoms with E-state index in [1.807, 2.05) is 0 Å². The highest BCUT2D eigenvalue weighted by Gasteiger charge is 2.26. The second kappa shape index (κ2) is 7.16. The van der Waals surface area contributed by atoms with Gasteiger partial charge in [0.15, 0.2) is 0 Å². The fourth-order valence-corrected chi connectivity index (χ4v) is 3.32. The third-order valence-electron chi connectivity index (χ3n) is 3.72. The smallest absolute Gasteiger partial charge is 0.232 e. The Hall–Kier alpha value is -0.960. The van der Waals surface area contributed by atoms with Crippen LogP contribution in [-0.4, -0.2) is 29.6 Å². The molecule has 0 atom stereocenters. The van der Waals surface area contributed by atoms with Crippen LogP contribution in [0, 0.1) is 19.8 Å². The van der Waals surface area contributed by atoms with Gasteiger partial charge in [-0.3, -0.25) is 4.79 Å². The van der Waals surface area contributed by atoms with Crippen LogP contribution in [0.3, 0.4) is 0 Å². The molecule has 0 bridgehead atoms. The van der Waals surface area contributed by atoms with E-state index in [0.29, 0.717) is 11.7 Å². The molecule has 0 aliphatic heterocycles. The molecule has 0 radical (unpaired) electrons. The Morgan fingerprint density at radius 2 is 2.10 bits per heavy atom. The molecule has 110 valence electrons. The Bertz CT molecular complexity index is 468. The summed E-state index contributed by atoms with van der Waals surface area (Å²) in [5.74, 6) is 1.64. The van der Waals surface area contributed by atoms with Crippen LogP contribution in [0.5, 0.6) is 0 Å². The predicted molar refractivity (Wildman–Crippen MR) is 86.2 cm³/mol. The zero-order valence-electron chi connectivity index (χ0n) is 12.8. The first-order chi connectivity index (χ1) is 9.60. The number of hydrogen-bond acceptors (Lipinski definition) is 2. The van der Waals surface area contributed by atoms with Crippen molar-refractivity contribution in [3.8, 4) is 0 Å². The summed E-state index contributed by atoms with van der Waals surface area (Å²) in [5.41, 5.74) is 2.52. The fourth-order valence-electron chi connectivity index (χ4n) is 2.29. The molecule has 0 heterocycles. The van der Waals surface area contributed by atoms with Crippen molar-refractivity contribution in [1.82, 2.24) is 4.90 Å². The molecule has 0 spiro atoms. The second-order valence-electron chi connectivity index (χ2n) is 5.84. The van der Waals surface area contributed by atoms with Gasteiger partial charge in [0, 0.05) is 18.0 Å². The lowest BCUT2D eigenvalue weighted by Gasteiger charge is -2.22. The van der Waals surface area contributed by atoms with E-state index < -0.39 is 0 Å². The molecule has 1 aliphatic carbocycles. The highest BCUT2D eigenvalue weighted by Crippen LogP contribution is 2.30. The predicted octanol–water partition coefficient (Wildman–Crippen LogP) is 4.04. The van der Waals surface area contributed by atoms with Crippen LogP contribution in [0.2, 0.25) is 0 Å². The summed E-state index contributed by atoms with van der Waals surface area (Å²) in [5, 5.41) is 0. The Kier molecular flexibility index (Phi) is 5.53. The van der Waals surface area contributed by atoms with Gasteiger partial charge in [0.25, 0.3) is 0 Å². The van der Waals surface area contributed by atoms with E-state index in [1.54, 1.807) is 11.8 Å². The van der Waals surface area contributed by atoms with Crippen LogP contribution in [-0.2, 0) is 4.79 Å². The number of aryl methyl sites for hydroxylation is 2. The van der Waals surface area contributed by atoms with Gasteiger partial charge in [0.1, 0.15) is 0 Å². The lowest BCUT2D eigenvalue weighted by atomic mass is 10.2. The van der Waals surface area contributed by atoms with Crippen LogP contribution >= 0.6 is 11.8 Å². The summed E-state index contributed by atoms with van der Waals surface area (Å²) in [6, 6.07) is 6.44. The summed E-state index contributed by atoms with van der Waals surface area (Å²) >= 11 is 1.68. The van der Waals surface area contributed by atoms with Gasteiger partial charge in [-0.15, -0.1) is 11.8 Å². The first-order valence-electron chi connectivity index (χ1n) is 7.58. The molecule has 1 fully saturated rings. The number of rotatable bonds is 7. The highest BCUT2D eigenvalue weighted by atomic mass is 32.2. The van der Waals surface area contributed by atoms with Crippen molar-refractivity contribution in [3.63, 3.8) is 0 Å². The van der Waals surface area contributed by atoms with Gasteiger partial charge in [-0.2, -0.15) is 0 Å². The van der Waals surface area contributed by atoms with Crippen molar-refractivity contribution in [2.24, 2.45) is 5.92 Å². The van der Waals surface area contributed by atoms with E-state index in [0.717, 1.165) is 25.4 Å². The molecule has 0 N–H and O–H groups in total. The number of benzene rings is 1. The summed E-state index contributed by atoms with van der Waals surface area (Å²) in [6.45, 7) is 8.23. The van der Waals surface area contributed by atoms with Gasteiger partial charge in [0.05, 0.1) is 5.75 Å². The molecule has 1 aliphatic rings. The Balaban J connectivity index is 1.90. The van der Waals surface area contributed by atoms with Crippen molar-refractivity contribution in [1.29, 1.82) is 0 Å². The number of amides is 1. The maximum absolute atomic E-state index is 12.4. The van der Waals surface area contributed by atoms with Crippen LogP contribution in [0.25, 0.3) is 0 Å². The normalized spacial score (nSPS) is 14.3. The number of nitrogens with zero attached hydrogens (tertiary/aromatic N) is 1. The third kappa shape index (κ3) is 4.55. The molecule has 2 rings (SSSR count). The van der Waals surface area contributed by atoms with E-state index in [4.69, 9.17) is 0 Å². The number of carbonyl (C=O) groups is 1. The van der Waals surface area contributed by atoms with Crippen molar-refractivity contribution in [2.45, 2.75) is 44.9 Å². The van der Waals surface area contributed by atoms with Crippen molar-refractivity contribution in [2.75, 3.05) is 18.8 Å². The van der Waals surface area contributed by atoms with Gasteiger partial charge in [-0.05, 0) is 50.7 Å². The fraction of sp³-hybridized carbons (Fsp3) is 0.588. The van der Waals surface area contributed by atoms with Gasteiger partial charge in [-0.1, -0.05) is 24.6 Å². The molecule has 2 nitrogen and oxygen atoms in total. The van der Waals surface area contributed by atoms with Gasteiger partial charge in [0.2, 0.25) is 5.91 Å². The van der Waals surface area contributed by atoms with Gasteiger partial charge >= 0.3 is 0 Å². The summed E-state index contributed by atoms with van der Waals surface area (Å²) in [4.78, 5) is 15.7. The topological polar surface area (TPSA) is 20.3 Å². The molecule has 1 aromatic rings. The maximum Gasteiger partial charge on any atom is 0.232 e. The Morgan fingerprint density at radius 3 is 2.75 bits per heavy atom. The number of carbonyl (C=O) groups excluding carboxylic acids is 1. The minimum Gasteiger partial charge on any atom is -0.342 e. The van der Waals surface area contributed by atoms with Crippen LogP contribution < -0.4 is 0 Å². The van der Waals surface area contributed by atoms with E-state index in [-0.39, 0.29) is 0 Å². The molecular formula is C17H25NOS. The SMILES string of the molecule is CCCN(CC1CC1)C(=O)CSc1cc(C)ccc1C. The quantitative estimate of drug-likeness (QED) is 0.707. The van der Waals surface area contributed by atoms with E-state index >= 15 is 0 Å². The minimum absolute atomic E-state index is 0.296. The van der Waals surface area contributed by atoms with E-state index in [9.17, 15) is 4.79 Å². The first-order valence-corrected chi connectivity index (χ1v) is 8.56. The summed E-state index contributed by atoms with van der Waals surface area (Å²) < 4.78 is 0. The third-order valence-corrected chi connectivity index (χ3v) is 4.86. The lowest BCUT2D eigenvalue weighted by Crippen LogP contribution is -2.34. The molecule has 3 heteroatoms. The first kappa shape index (κ1) is 15.4. The monoisotopic (exact) mass is 291 g/mol. The van der Waals surface area contributed by atoms with Crippen LogP contribution in [0.15, 0.2) is 23.1 Å². The molecule has 20 heavy (non-hydrogen) atoms. The van der Waals surface area contributed by atoms with Crippen LogP contribution in [0.4, 0.5) is 0 Å². The average Bonchev–Trinajstić information content (AvgIpc) is 3.23. The largest absolute Gasteiger partial charge is 0.342 e. The van der Waals surface area contributed by atoms with Gasteiger partial charge < -0.3 is 4.90 Å². The average molecular weight is 291 g/mol. The maximum atomic E-state index is 12.4. The van der Waals surface area contributed by atoms with Gasteiger partial charge in [-0.25, -0.2) is 0 Å². The zero-order chi connectivity index (χ0) is 14.5. The summed E-state index contributed by atoms with van der Waals surface area (Å²) in [7, 11) is 0. The van der Waals surface area contributed by atoms with Crippen molar-refractivity contribution in [3.05, 3.63) is 29.3 Å². The lowest BCUT2D eigenvalue weighted by molar-refractivity contribution is -0.128. The number of thioether (sulfide) groups is 1. The standard InChI is InChI=1S/C17H25NOS/c1-4-9-18(11-15-7-8-15)17(19)12-20-16-10-13(2)5-6-14(16)3/h5-6,10,15H,4,7-9,11-12H2,1-3H3.